The third-order valence-corrected chi connectivity index (χ3v) is 5.78. The lowest BCUT2D eigenvalue weighted by molar-refractivity contribution is -0.147. The van der Waals surface area contributed by atoms with Gasteiger partial charge in [-0.25, -0.2) is 0 Å². The Kier molecular flexibility index (Phi) is 9.14. The minimum absolute atomic E-state index is 0.262. The van der Waals surface area contributed by atoms with Crippen molar-refractivity contribution in [2.75, 3.05) is 26.2 Å². The second kappa shape index (κ2) is 11.6. The van der Waals surface area contributed by atoms with Crippen molar-refractivity contribution in [3.8, 4) is 0 Å². The number of likely N-dealkylation sites (tertiary alicyclic amines) is 2. The molecule has 2 aliphatic rings. The number of carbonyl (C=O) groups is 6. The summed E-state index contributed by atoms with van der Waals surface area (Å²) in [5.41, 5.74) is 10.3. The molecule has 0 aliphatic carbocycles. The molecule has 13 heteroatoms. The highest BCUT2D eigenvalue weighted by Crippen LogP contribution is 2.25. The molecule has 0 bridgehead atoms. The summed E-state index contributed by atoms with van der Waals surface area (Å²) in [6.45, 7) is 3.12. The molecule has 0 saturated carbocycles. The van der Waals surface area contributed by atoms with Gasteiger partial charge in [0.1, 0.15) is 24.2 Å². The maximum atomic E-state index is 13.2. The Balaban J connectivity index is 2.00. The van der Waals surface area contributed by atoms with Crippen LogP contribution in [0.4, 0.5) is 0 Å². The Hall–Kier alpha value is -3.22. The maximum Gasteiger partial charge on any atom is 0.246 e. The van der Waals surface area contributed by atoms with Gasteiger partial charge in [0.25, 0.3) is 0 Å². The van der Waals surface area contributed by atoms with Gasteiger partial charge >= 0.3 is 0 Å². The summed E-state index contributed by atoms with van der Waals surface area (Å²) in [5.74, 6) is -2.94. The molecule has 0 radical (unpaired) electrons. The number of nitrogens with one attached hydrogen (secondary N) is 3. The Labute approximate surface area is 191 Å². The highest BCUT2D eigenvalue weighted by atomic mass is 16.2. The van der Waals surface area contributed by atoms with Gasteiger partial charge in [-0.2, -0.15) is 0 Å². The first-order valence-electron chi connectivity index (χ1n) is 11.0. The van der Waals surface area contributed by atoms with Crippen LogP contribution in [0.15, 0.2) is 0 Å². The lowest BCUT2D eigenvalue weighted by atomic mass is 10.1. The van der Waals surface area contributed by atoms with Gasteiger partial charge in [-0.3, -0.25) is 28.8 Å². The molecule has 0 aromatic rings. The molecule has 33 heavy (non-hydrogen) atoms. The third-order valence-electron chi connectivity index (χ3n) is 5.78. The number of primary amides is 1. The number of amides is 6. The molecular weight excluding hydrogens is 434 g/mol. The second-order valence-electron chi connectivity index (χ2n) is 8.29. The van der Waals surface area contributed by atoms with Gasteiger partial charge < -0.3 is 37.2 Å². The smallest absolute Gasteiger partial charge is 0.246 e. The molecule has 6 amide bonds. The van der Waals surface area contributed by atoms with E-state index in [2.05, 4.69) is 16.0 Å². The zero-order chi connectivity index (χ0) is 24.7. The first-order chi connectivity index (χ1) is 15.6. The Morgan fingerprint density at radius 1 is 0.909 bits per heavy atom. The molecule has 0 unspecified atom stereocenters. The molecule has 2 rings (SSSR count). The molecule has 0 spiro atoms. The van der Waals surface area contributed by atoms with E-state index in [4.69, 9.17) is 11.5 Å². The molecule has 2 aliphatic heterocycles. The fraction of sp³-hybridized carbons (Fsp3) is 0.700. The van der Waals surface area contributed by atoms with Crippen LogP contribution in [-0.2, 0) is 28.8 Å². The van der Waals surface area contributed by atoms with Crippen LogP contribution in [0.5, 0.6) is 0 Å². The fourth-order valence-corrected chi connectivity index (χ4v) is 4.09. The summed E-state index contributed by atoms with van der Waals surface area (Å²) in [4.78, 5) is 76.1. The van der Waals surface area contributed by atoms with E-state index in [1.54, 1.807) is 0 Å². The SMILES string of the molecule is C[C@H](NC(=O)CN)C(=O)N[C@@H](C)C(=O)N1CCC[C@H]1C(=O)N1CCC[C@H]1C(=O)NCC(N)=O. The van der Waals surface area contributed by atoms with Gasteiger partial charge in [0.05, 0.1) is 13.1 Å². The summed E-state index contributed by atoms with van der Waals surface area (Å²) in [6, 6.07) is -3.26. The Morgan fingerprint density at radius 3 is 2.12 bits per heavy atom. The quantitative estimate of drug-likeness (QED) is 0.232. The van der Waals surface area contributed by atoms with E-state index in [1.807, 2.05) is 0 Å². The summed E-state index contributed by atoms with van der Waals surface area (Å²) >= 11 is 0. The lowest BCUT2D eigenvalue weighted by Gasteiger charge is -2.32. The van der Waals surface area contributed by atoms with Crippen LogP contribution in [0, 0.1) is 0 Å². The number of nitrogens with zero attached hydrogens (tertiary/aromatic N) is 2. The Morgan fingerprint density at radius 2 is 1.52 bits per heavy atom. The molecule has 2 saturated heterocycles. The van der Waals surface area contributed by atoms with Crippen LogP contribution >= 0.6 is 0 Å². The standard InChI is InChI=1S/C20H33N7O6/c1-11(24-16(29)9-21)17(30)25-12(2)19(32)27-8-4-6-14(27)20(33)26-7-3-5-13(26)18(31)23-10-15(22)28/h11-14H,3-10,21H2,1-2H3,(H2,22,28)(H,23,31)(H,24,29)(H,25,30)/t11-,12-,13-,14-/m0/s1. The van der Waals surface area contributed by atoms with Crippen molar-refractivity contribution >= 4 is 35.4 Å². The van der Waals surface area contributed by atoms with Gasteiger partial charge in [-0.1, -0.05) is 0 Å². The van der Waals surface area contributed by atoms with E-state index in [0.717, 1.165) is 0 Å². The number of hydrogen-bond acceptors (Lipinski definition) is 7. The number of rotatable bonds is 9. The van der Waals surface area contributed by atoms with E-state index in [1.165, 1.54) is 23.6 Å². The van der Waals surface area contributed by atoms with Crippen LogP contribution in [0.3, 0.4) is 0 Å². The van der Waals surface area contributed by atoms with Gasteiger partial charge in [-0.05, 0) is 39.5 Å². The van der Waals surface area contributed by atoms with E-state index in [-0.39, 0.29) is 19.0 Å². The maximum absolute atomic E-state index is 13.2. The first kappa shape index (κ1) is 26.0. The average Bonchev–Trinajstić information content (AvgIpc) is 3.46. The van der Waals surface area contributed by atoms with Gasteiger partial charge in [0.15, 0.2) is 0 Å². The van der Waals surface area contributed by atoms with Gasteiger partial charge in [0, 0.05) is 13.1 Å². The van der Waals surface area contributed by atoms with Crippen LogP contribution in [-0.4, -0.2) is 95.6 Å². The predicted molar refractivity (Wildman–Crippen MR) is 116 cm³/mol. The van der Waals surface area contributed by atoms with Gasteiger partial charge in [0.2, 0.25) is 35.4 Å². The molecule has 4 atom stereocenters. The summed E-state index contributed by atoms with van der Waals surface area (Å²) < 4.78 is 0. The largest absolute Gasteiger partial charge is 0.368 e. The predicted octanol–water partition coefficient (Wildman–Crippen LogP) is -3.46. The van der Waals surface area contributed by atoms with Crippen LogP contribution in [0.25, 0.3) is 0 Å². The highest BCUT2D eigenvalue weighted by molar-refractivity contribution is 5.96. The first-order valence-corrected chi connectivity index (χ1v) is 11.0. The van der Waals surface area contributed by atoms with E-state index in [0.29, 0.717) is 38.8 Å². The van der Waals surface area contributed by atoms with Crippen molar-refractivity contribution in [3.05, 3.63) is 0 Å². The molecule has 0 aromatic heterocycles. The zero-order valence-corrected chi connectivity index (χ0v) is 19.0. The van der Waals surface area contributed by atoms with E-state index < -0.39 is 53.7 Å². The van der Waals surface area contributed by atoms with Crippen molar-refractivity contribution in [1.29, 1.82) is 0 Å². The number of carbonyl (C=O) groups excluding carboxylic acids is 6. The van der Waals surface area contributed by atoms with Crippen molar-refractivity contribution < 1.29 is 28.8 Å². The summed E-state index contributed by atoms with van der Waals surface area (Å²) in [7, 11) is 0. The number of hydrogen-bond donors (Lipinski definition) is 5. The average molecular weight is 468 g/mol. The topological polar surface area (TPSA) is 197 Å². The fourth-order valence-electron chi connectivity index (χ4n) is 4.09. The van der Waals surface area contributed by atoms with Crippen LogP contribution in [0.1, 0.15) is 39.5 Å². The zero-order valence-electron chi connectivity index (χ0n) is 19.0. The normalized spacial score (nSPS) is 21.8. The number of nitrogens with two attached hydrogens (primary N) is 2. The van der Waals surface area contributed by atoms with Crippen molar-refractivity contribution in [3.63, 3.8) is 0 Å². The Bertz CT molecular complexity index is 804. The molecule has 2 heterocycles. The molecule has 7 N–H and O–H groups in total. The minimum atomic E-state index is -0.920. The van der Waals surface area contributed by atoms with Crippen molar-refractivity contribution in [2.45, 2.75) is 63.7 Å². The van der Waals surface area contributed by atoms with Crippen LogP contribution < -0.4 is 27.4 Å². The minimum Gasteiger partial charge on any atom is -0.368 e. The summed E-state index contributed by atoms with van der Waals surface area (Å²) in [6.07, 6.45) is 2.13. The lowest BCUT2D eigenvalue weighted by Crippen LogP contribution is -2.57. The molecule has 184 valence electrons. The molecule has 13 nitrogen and oxygen atoms in total. The molecule has 0 aromatic carbocycles. The molecule has 2 fully saturated rings. The van der Waals surface area contributed by atoms with E-state index >= 15 is 0 Å². The van der Waals surface area contributed by atoms with Gasteiger partial charge in [-0.15, -0.1) is 0 Å². The van der Waals surface area contributed by atoms with E-state index in [9.17, 15) is 28.8 Å². The monoisotopic (exact) mass is 467 g/mol. The second-order valence-corrected chi connectivity index (χ2v) is 8.29. The highest BCUT2D eigenvalue weighted by Gasteiger charge is 2.43. The third kappa shape index (κ3) is 6.63. The summed E-state index contributed by atoms with van der Waals surface area (Å²) in [5, 5.41) is 7.39. The van der Waals surface area contributed by atoms with Crippen molar-refractivity contribution in [2.24, 2.45) is 11.5 Å². The van der Waals surface area contributed by atoms with Crippen molar-refractivity contribution in [1.82, 2.24) is 25.8 Å². The molecular formula is C20H33N7O6. The van der Waals surface area contributed by atoms with Crippen LogP contribution in [0.2, 0.25) is 0 Å².